The fourth-order valence-corrected chi connectivity index (χ4v) is 5.44. The summed E-state index contributed by atoms with van der Waals surface area (Å²) in [5.74, 6) is 0.0410. The number of rotatable bonds is 3. The molecule has 6 nitrogen and oxygen atoms in total. The van der Waals surface area contributed by atoms with Gasteiger partial charge in [0.05, 0.1) is 6.33 Å². The van der Waals surface area contributed by atoms with Crippen molar-refractivity contribution >= 4 is 15.8 Å². The second-order valence-electron chi connectivity index (χ2n) is 7.78. The summed E-state index contributed by atoms with van der Waals surface area (Å²) in [6.07, 6.45) is 4.16. The highest BCUT2D eigenvalue weighted by Gasteiger charge is 2.40. The second kappa shape index (κ2) is 4.98. The molecule has 0 saturated heterocycles. The number of aryl methyl sites for hydroxylation is 1. The van der Waals surface area contributed by atoms with Gasteiger partial charge in [0.1, 0.15) is 0 Å². The number of nitrogens with zero attached hydrogens (tertiary/aromatic N) is 2. The predicted octanol–water partition coefficient (Wildman–Crippen LogP) is 1.89. The van der Waals surface area contributed by atoms with Gasteiger partial charge in [0.2, 0.25) is 0 Å². The molecule has 0 amide bonds. The number of hydrogen-bond donors (Lipinski definition) is 2. The Morgan fingerprint density at radius 2 is 1.81 bits per heavy atom. The van der Waals surface area contributed by atoms with Gasteiger partial charge < -0.3 is 10.3 Å². The fourth-order valence-electron chi connectivity index (χ4n) is 3.97. The third-order valence-electron chi connectivity index (χ3n) is 4.04. The van der Waals surface area contributed by atoms with Gasteiger partial charge in [-0.3, -0.25) is 0 Å². The zero-order valence-electron chi connectivity index (χ0n) is 13.5. The number of aromatic nitrogens is 2. The highest BCUT2D eigenvalue weighted by Crippen LogP contribution is 2.45. The first-order valence-electron chi connectivity index (χ1n) is 7.21. The van der Waals surface area contributed by atoms with Crippen molar-refractivity contribution in [2.45, 2.75) is 58.0 Å². The highest BCUT2D eigenvalue weighted by atomic mass is 32.2. The number of nitrogens with one attached hydrogen (secondary N) is 1. The lowest BCUT2D eigenvalue weighted by Gasteiger charge is -2.45. The van der Waals surface area contributed by atoms with Gasteiger partial charge in [-0.15, -0.1) is 0 Å². The summed E-state index contributed by atoms with van der Waals surface area (Å²) in [5.41, 5.74) is 5.92. The summed E-state index contributed by atoms with van der Waals surface area (Å²) >= 11 is 0. The van der Waals surface area contributed by atoms with E-state index in [9.17, 15) is 8.42 Å². The van der Waals surface area contributed by atoms with Crippen LogP contribution in [0, 0.1) is 10.8 Å². The Kier molecular flexibility index (Phi) is 3.87. The number of hydrogen-bond acceptors (Lipinski definition) is 4. The monoisotopic (exact) mass is 314 g/mol. The van der Waals surface area contributed by atoms with E-state index in [0.717, 1.165) is 19.3 Å². The molecule has 1 aliphatic rings. The molecule has 0 bridgehead atoms. The molecular formula is C14H26N4O2S. The fraction of sp³-hybridized carbons (Fsp3) is 0.786. The number of imidazole rings is 1. The molecule has 1 aromatic heterocycles. The molecule has 0 spiro atoms. The van der Waals surface area contributed by atoms with Crippen LogP contribution in [0.2, 0.25) is 0 Å². The molecule has 0 aromatic carbocycles. The molecule has 120 valence electrons. The van der Waals surface area contributed by atoms with Crippen molar-refractivity contribution in [2.24, 2.45) is 17.9 Å². The van der Waals surface area contributed by atoms with E-state index >= 15 is 0 Å². The molecule has 0 radical (unpaired) electrons. The van der Waals surface area contributed by atoms with E-state index in [2.05, 4.69) is 37.4 Å². The van der Waals surface area contributed by atoms with Crippen LogP contribution in [0.1, 0.15) is 47.0 Å². The van der Waals surface area contributed by atoms with E-state index in [4.69, 9.17) is 5.73 Å². The Balaban J connectivity index is 2.25. The summed E-state index contributed by atoms with van der Waals surface area (Å²) in [5, 5.41) is 0.0451. The Labute approximate surface area is 127 Å². The second-order valence-corrected chi connectivity index (χ2v) is 9.41. The number of nitrogens with two attached hydrogens (primary N) is 1. The smallest absolute Gasteiger partial charge is 0.260 e. The predicted molar refractivity (Wildman–Crippen MR) is 83.1 cm³/mol. The zero-order chi connectivity index (χ0) is 16.1. The van der Waals surface area contributed by atoms with Crippen LogP contribution < -0.4 is 10.5 Å². The third kappa shape index (κ3) is 3.58. The van der Waals surface area contributed by atoms with Gasteiger partial charge in [-0.1, -0.05) is 27.7 Å². The van der Waals surface area contributed by atoms with Crippen LogP contribution in [0.5, 0.6) is 0 Å². The first-order valence-corrected chi connectivity index (χ1v) is 8.69. The molecule has 1 fully saturated rings. The van der Waals surface area contributed by atoms with Gasteiger partial charge in [0, 0.05) is 13.1 Å². The molecule has 1 aliphatic carbocycles. The summed E-state index contributed by atoms with van der Waals surface area (Å²) in [6, 6.07) is -0.0805. The minimum Gasteiger partial charge on any atom is -0.381 e. The first-order chi connectivity index (χ1) is 9.42. The van der Waals surface area contributed by atoms with Crippen LogP contribution in [0.3, 0.4) is 0 Å². The SMILES string of the molecule is Cn1cnc(N)c1S(=O)(=O)NC1CC(C)(C)CC(C)(C)C1. The summed E-state index contributed by atoms with van der Waals surface area (Å²) in [6.45, 7) is 8.75. The maximum Gasteiger partial charge on any atom is 0.260 e. The normalized spacial score (nSPS) is 22.3. The standard InChI is InChI=1S/C14H26N4O2S/c1-13(2)6-10(7-14(3,4)8-13)17-21(19,20)12-11(15)16-9-18(12)5/h9-10,17H,6-8,15H2,1-5H3. The molecule has 0 aliphatic heterocycles. The van der Waals surface area contributed by atoms with Gasteiger partial charge in [0.15, 0.2) is 10.8 Å². The molecule has 21 heavy (non-hydrogen) atoms. The Hall–Kier alpha value is -1.08. The van der Waals surface area contributed by atoms with Crippen molar-refractivity contribution < 1.29 is 8.42 Å². The third-order valence-corrected chi connectivity index (χ3v) is 5.69. The van der Waals surface area contributed by atoms with Crippen LogP contribution in [-0.4, -0.2) is 24.0 Å². The summed E-state index contributed by atoms with van der Waals surface area (Å²) in [7, 11) is -2.02. The van der Waals surface area contributed by atoms with Crippen molar-refractivity contribution in [2.75, 3.05) is 5.73 Å². The Morgan fingerprint density at radius 1 is 1.29 bits per heavy atom. The van der Waals surface area contributed by atoms with E-state index in [-0.39, 0.29) is 27.7 Å². The van der Waals surface area contributed by atoms with Crippen LogP contribution >= 0.6 is 0 Å². The van der Waals surface area contributed by atoms with Crippen LogP contribution in [-0.2, 0) is 17.1 Å². The van der Waals surface area contributed by atoms with Crippen LogP contribution in [0.25, 0.3) is 0 Å². The van der Waals surface area contributed by atoms with E-state index < -0.39 is 10.0 Å². The number of nitrogen functional groups attached to an aromatic ring is 1. The zero-order valence-corrected chi connectivity index (χ0v) is 14.3. The van der Waals surface area contributed by atoms with E-state index in [1.807, 2.05) is 0 Å². The lowest BCUT2D eigenvalue weighted by molar-refractivity contribution is 0.0934. The Bertz CT molecular complexity index is 596. The topological polar surface area (TPSA) is 90.0 Å². The molecule has 7 heteroatoms. The van der Waals surface area contributed by atoms with E-state index in [1.54, 1.807) is 7.05 Å². The summed E-state index contributed by atoms with van der Waals surface area (Å²) in [4.78, 5) is 3.85. The van der Waals surface area contributed by atoms with Gasteiger partial charge in [-0.25, -0.2) is 18.1 Å². The average Bonchev–Trinajstić information content (AvgIpc) is 2.52. The van der Waals surface area contributed by atoms with Gasteiger partial charge >= 0.3 is 0 Å². The lowest BCUT2D eigenvalue weighted by Crippen LogP contribution is -2.46. The maximum absolute atomic E-state index is 12.6. The number of sulfonamides is 1. The van der Waals surface area contributed by atoms with Gasteiger partial charge in [0.25, 0.3) is 10.0 Å². The maximum atomic E-state index is 12.6. The van der Waals surface area contributed by atoms with E-state index in [0.29, 0.717) is 0 Å². The summed E-state index contributed by atoms with van der Waals surface area (Å²) < 4.78 is 29.4. The van der Waals surface area contributed by atoms with Gasteiger partial charge in [-0.2, -0.15) is 0 Å². The van der Waals surface area contributed by atoms with Crippen molar-refractivity contribution in [3.63, 3.8) is 0 Å². The van der Waals surface area contributed by atoms with Gasteiger partial charge in [-0.05, 0) is 30.1 Å². The largest absolute Gasteiger partial charge is 0.381 e. The van der Waals surface area contributed by atoms with Crippen molar-refractivity contribution in [3.05, 3.63) is 6.33 Å². The van der Waals surface area contributed by atoms with Crippen LogP contribution in [0.15, 0.2) is 11.4 Å². The van der Waals surface area contributed by atoms with Crippen LogP contribution in [0.4, 0.5) is 5.82 Å². The molecule has 2 rings (SSSR count). The van der Waals surface area contributed by atoms with Crippen molar-refractivity contribution in [1.82, 2.24) is 14.3 Å². The molecule has 1 aromatic rings. The molecule has 1 heterocycles. The molecular weight excluding hydrogens is 288 g/mol. The average molecular weight is 314 g/mol. The first kappa shape index (κ1) is 16.3. The minimum atomic E-state index is -3.65. The van der Waals surface area contributed by atoms with Crippen molar-refractivity contribution in [3.8, 4) is 0 Å². The quantitative estimate of drug-likeness (QED) is 0.891. The molecule has 0 unspecified atom stereocenters. The Morgan fingerprint density at radius 3 is 2.24 bits per heavy atom. The highest BCUT2D eigenvalue weighted by molar-refractivity contribution is 7.89. The molecule has 1 saturated carbocycles. The molecule has 3 N–H and O–H groups in total. The molecule has 0 atom stereocenters. The number of anilines is 1. The lowest BCUT2D eigenvalue weighted by atomic mass is 9.64. The van der Waals surface area contributed by atoms with E-state index in [1.165, 1.54) is 10.9 Å². The minimum absolute atomic E-state index is 0.0410. The van der Waals surface area contributed by atoms with Crippen molar-refractivity contribution in [1.29, 1.82) is 0 Å².